The number of anilines is 2. The first kappa shape index (κ1) is 16.4. The van der Waals surface area contributed by atoms with Crippen LogP contribution in [0.1, 0.15) is 10.4 Å². The van der Waals surface area contributed by atoms with Gasteiger partial charge in [-0.3, -0.25) is 9.59 Å². The second kappa shape index (κ2) is 7.44. The average Bonchev–Trinajstić information content (AvgIpc) is 2.63. The summed E-state index contributed by atoms with van der Waals surface area (Å²) in [6.07, 6.45) is 2.53. The molecule has 2 heterocycles. The molecule has 0 aliphatic carbocycles. The molecule has 1 N–H and O–H groups in total. The highest BCUT2D eigenvalue weighted by Gasteiger charge is 2.16. The van der Waals surface area contributed by atoms with E-state index in [-0.39, 0.29) is 5.91 Å². The van der Waals surface area contributed by atoms with Crippen LogP contribution in [0.2, 0.25) is 0 Å². The van der Waals surface area contributed by atoms with Gasteiger partial charge in [0.25, 0.3) is 5.91 Å². The zero-order valence-electron chi connectivity index (χ0n) is 13.0. The van der Waals surface area contributed by atoms with E-state index in [2.05, 4.69) is 31.1 Å². The van der Waals surface area contributed by atoms with Gasteiger partial charge in [-0.05, 0) is 36.4 Å². The zero-order chi connectivity index (χ0) is 16.9. The third kappa shape index (κ3) is 3.91. The average molecular weight is 389 g/mol. The number of aromatic nitrogens is 1. The molecule has 1 fully saturated rings. The lowest BCUT2D eigenvalue weighted by Gasteiger charge is -2.33. The first-order valence-corrected chi connectivity index (χ1v) is 8.42. The molecule has 2 aromatic rings. The molecule has 0 spiro atoms. The van der Waals surface area contributed by atoms with Gasteiger partial charge in [-0.2, -0.15) is 0 Å². The number of amides is 2. The van der Waals surface area contributed by atoms with Gasteiger partial charge in [0, 0.05) is 36.2 Å². The highest BCUT2D eigenvalue weighted by molar-refractivity contribution is 9.10. The Kier molecular flexibility index (Phi) is 5.10. The van der Waals surface area contributed by atoms with Crippen LogP contribution in [0.15, 0.2) is 47.1 Å². The molecule has 2 amide bonds. The smallest absolute Gasteiger partial charge is 0.255 e. The van der Waals surface area contributed by atoms with E-state index in [1.165, 1.54) is 0 Å². The van der Waals surface area contributed by atoms with Gasteiger partial charge < -0.3 is 15.1 Å². The topological polar surface area (TPSA) is 65.5 Å². The van der Waals surface area contributed by atoms with E-state index in [0.29, 0.717) is 24.3 Å². The van der Waals surface area contributed by atoms with Crippen molar-refractivity contribution in [1.82, 2.24) is 9.88 Å². The van der Waals surface area contributed by atoms with E-state index in [1.807, 2.05) is 24.3 Å². The number of nitrogens with one attached hydrogen (secondary N) is 1. The van der Waals surface area contributed by atoms with E-state index in [9.17, 15) is 9.59 Å². The number of carbonyl (C=O) groups is 2. The van der Waals surface area contributed by atoms with E-state index >= 15 is 0 Å². The fraction of sp³-hybridized carbons (Fsp3) is 0.235. The molecule has 124 valence electrons. The van der Waals surface area contributed by atoms with E-state index in [1.54, 1.807) is 23.2 Å². The lowest BCUT2D eigenvalue weighted by molar-refractivity contribution is -0.118. The van der Waals surface area contributed by atoms with Gasteiger partial charge in [-0.25, -0.2) is 4.98 Å². The summed E-state index contributed by atoms with van der Waals surface area (Å²) in [7, 11) is 0. The summed E-state index contributed by atoms with van der Waals surface area (Å²) >= 11 is 3.35. The van der Waals surface area contributed by atoms with Gasteiger partial charge in [0.2, 0.25) is 6.41 Å². The minimum Gasteiger partial charge on any atom is -0.353 e. The zero-order valence-corrected chi connectivity index (χ0v) is 14.6. The van der Waals surface area contributed by atoms with Crippen LogP contribution in [0.5, 0.6) is 0 Å². The van der Waals surface area contributed by atoms with Crippen LogP contribution >= 0.6 is 15.9 Å². The van der Waals surface area contributed by atoms with Gasteiger partial charge in [0.15, 0.2) is 0 Å². The maximum absolute atomic E-state index is 12.2. The predicted octanol–water partition coefficient (Wildman–Crippen LogP) is 2.37. The highest BCUT2D eigenvalue weighted by Crippen LogP contribution is 2.17. The number of hydrogen-bond donors (Lipinski definition) is 1. The number of rotatable bonds is 4. The molecule has 6 nitrogen and oxygen atoms in total. The van der Waals surface area contributed by atoms with Gasteiger partial charge in [-0.15, -0.1) is 0 Å². The third-order valence-electron chi connectivity index (χ3n) is 3.90. The van der Waals surface area contributed by atoms with Crippen LogP contribution in [0.3, 0.4) is 0 Å². The number of carbonyl (C=O) groups excluding carboxylic acids is 2. The Morgan fingerprint density at radius 3 is 2.38 bits per heavy atom. The molecule has 1 aliphatic rings. The largest absolute Gasteiger partial charge is 0.353 e. The third-order valence-corrected chi connectivity index (χ3v) is 4.43. The Labute approximate surface area is 148 Å². The molecule has 0 atom stereocenters. The standard InChI is InChI=1S/C17H17BrN4O2/c18-14-3-1-13(2-4-14)17(24)20-15-5-6-16(19-11-15)22-9-7-21(12-23)8-10-22/h1-6,11-12H,7-10H2,(H,20,24). The Morgan fingerprint density at radius 1 is 1.08 bits per heavy atom. The minimum atomic E-state index is -0.170. The molecule has 0 saturated carbocycles. The van der Waals surface area contributed by atoms with Crippen molar-refractivity contribution in [1.29, 1.82) is 0 Å². The molecule has 0 bridgehead atoms. The molecule has 0 radical (unpaired) electrons. The molecule has 1 aromatic carbocycles. The van der Waals surface area contributed by atoms with Crippen LogP contribution < -0.4 is 10.2 Å². The number of nitrogens with zero attached hydrogens (tertiary/aromatic N) is 3. The Hall–Kier alpha value is -2.41. The lowest BCUT2D eigenvalue weighted by Crippen LogP contribution is -2.46. The monoisotopic (exact) mass is 388 g/mol. The van der Waals surface area contributed by atoms with Crippen molar-refractivity contribution in [3.05, 3.63) is 52.6 Å². The van der Waals surface area contributed by atoms with Crippen molar-refractivity contribution in [2.45, 2.75) is 0 Å². The molecular formula is C17H17BrN4O2. The van der Waals surface area contributed by atoms with Crippen molar-refractivity contribution in [3.8, 4) is 0 Å². The van der Waals surface area contributed by atoms with Gasteiger partial charge in [-0.1, -0.05) is 15.9 Å². The van der Waals surface area contributed by atoms with Crippen LogP contribution in [-0.4, -0.2) is 48.4 Å². The number of benzene rings is 1. The Morgan fingerprint density at radius 2 is 1.79 bits per heavy atom. The van der Waals surface area contributed by atoms with E-state index in [0.717, 1.165) is 29.8 Å². The minimum absolute atomic E-state index is 0.170. The highest BCUT2D eigenvalue weighted by atomic mass is 79.9. The van der Waals surface area contributed by atoms with Crippen LogP contribution in [0.25, 0.3) is 0 Å². The number of hydrogen-bond acceptors (Lipinski definition) is 4. The fourth-order valence-electron chi connectivity index (χ4n) is 2.51. The fourth-order valence-corrected chi connectivity index (χ4v) is 2.77. The molecule has 3 rings (SSSR count). The normalized spacial score (nSPS) is 14.4. The quantitative estimate of drug-likeness (QED) is 0.816. The van der Waals surface area contributed by atoms with Crippen LogP contribution in [0.4, 0.5) is 11.5 Å². The van der Waals surface area contributed by atoms with Crippen molar-refractivity contribution < 1.29 is 9.59 Å². The molecule has 1 aliphatic heterocycles. The molecule has 1 saturated heterocycles. The summed E-state index contributed by atoms with van der Waals surface area (Å²) in [4.78, 5) is 31.2. The van der Waals surface area contributed by atoms with Crippen LogP contribution in [0, 0.1) is 0 Å². The lowest BCUT2D eigenvalue weighted by atomic mass is 10.2. The van der Waals surface area contributed by atoms with Crippen molar-refractivity contribution in [2.75, 3.05) is 36.4 Å². The van der Waals surface area contributed by atoms with Crippen molar-refractivity contribution in [3.63, 3.8) is 0 Å². The summed E-state index contributed by atoms with van der Waals surface area (Å²) < 4.78 is 0.930. The van der Waals surface area contributed by atoms with E-state index in [4.69, 9.17) is 0 Å². The summed E-state index contributed by atoms with van der Waals surface area (Å²) in [5, 5.41) is 2.83. The molecule has 24 heavy (non-hydrogen) atoms. The second-order valence-corrected chi connectivity index (χ2v) is 6.41. The van der Waals surface area contributed by atoms with Gasteiger partial charge in [0.05, 0.1) is 11.9 Å². The first-order chi connectivity index (χ1) is 11.7. The van der Waals surface area contributed by atoms with Crippen molar-refractivity contribution >= 4 is 39.8 Å². The molecule has 1 aromatic heterocycles. The number of pyridine rings is 1. The molecule has 0 unspecified atom stereocenters. The maximum atomic E-state index is 12.2. The summed E-state index contributed by atoms with van der Waals surface area (Å²) in [5.41, 5.74) is 1.24. The summed E-state index contributed by atoms with van der Waals surface area (Å²) in [6, 6.07) is 10.9. The van der Waals surface area contributed by atoms with Crippen LogP contribution in [-0.2, 0) is 4.79 Å². The summed E-state index contributed by atoms with van der Waals surface area (Å²) in [6.45, 7) is 2.92. The Bertz CT molecular complexity index is 710. The number of piperazine rings is 1. The Balaban J connectivity index is 1.61. The second-order valence-electron chi connectivity index (χ2n) is 5.49. The van der Waals surface area contributed by atoms with Gasteiger partial charge >= 0.3 is 0 Å². The molecular weight excluding hydrogens is 372 g/mol. The van der Waals surface area contributed by atoms with Crippen molar-refractivity contribution in [2.24, 2.45) is 0 Å². The predicted molar refractivity (Wildman–Crippen MR) is 96.2 cm³/mol. The number of halogens is 1. The molecule has 7 heteroatoms. The summed E-state index contributed by atoms with van der Waals surface area (Å²) in [5.74, 6) is 0.679. The maximum Gasteiger partial charge on any atom is 0.255 e. The van der Waals surface area contributed by atoms with Gasteiger partial charge in [0.1, 0.15) is 5.82 Å². The van der Waals surface area contributed by atoms with E-state index < -0.39 is 0 Å². The SMILES string of the molecule is O=CN1CCN(c2ccc(NC(=O)c3ccc(Br)cc3)cn2)CC1. The first-order valence-electron chi connectivity index (χ1n) is 7.63.